The van der Waals surface area contributed by atoms with E-state index in [-0.39, 0.29) is 6.61 Å². The molecule has 2 heterocycles. The van der Waals surface area contributed by atoms with Crippen molar-refractivity contribution in [1.82, 2.24) is 9.78 Å². The van der Waals surface area contributed by atoms with E-state index in [0.717, 1.165) is 49.7 Å². The predicted octanol–water partition coefficient (Wildman–Crippen LogP) is 2.69. The van der Waals surface area contributed by atoms with Gasteiger partial charge < -0.3 is 15.2 Å². The normalized spacial score (nSPS) is 15.7. The molecule has 1 aliphatic rings. The molecule has 0 unspecified atom stereocenters. The van der Waals surface area contributed by atoms with Crippen LogP contribution < -0.4 is 5.32 Å². The summed E-state index contributed by atoms with van der Waals surface area (Å²) in [4.78, 5) is 0. The van der Waals surface area contributed by atoms with Gasteiger partial charge >= 0.3 is 0 Å². The van der Waals surface area contributed by atoms with Crippen LogP contribution in [0.15, 0.2) is 30.3 Å². The molecule has 5 nitrogen and oxygen atoms in total. The first-order valence-electron chi connectivity index (χ1n) is 8.34. The van der Waals surface area contributed by atoms with E-state index in [1.807, 2.05) is 16.8 Å². The second kappa shape index (κ2) is 7.62. The molecule has 0 radical (unpaired) electrons. The van der Waals surface area contributed by atoms with E-state index in [1.165, 1.54) is 5.56 Å². The Hall–Kier alpha value is -1.85. The van der Waals surface area contributed by atoms with Crippen molar-refractivity contribution in [2.24, 2.45) is 5.92 Å². The SMILES string of the molecule is Cc1ccccc1-c1cc(NCC2CCOCC2)n(CCO)n1. The van der Waals surface area contributed by atoms with Gasteiger partial charge in [0.15, 0.2) is 0 Å². The van der Waals surface area contributed by atoms with Crippen LogP contribution in [-0.2, 0) is 11.3 Å². The molecular weight excluding hydrogens is 290 g/mol. The number of aromatic nitrogens is 2. The zero-order valence-corrected chi connectivity index (χ0v) is 13.7. The number of aliphatic hydroxyl groups is 1. The summed E-state index contributed by atoms with van der Waals surface area (Å²) in [6, 6.07) is 10.3. The summed E-state index contributed by atoms with van der Waals surface area (Å²) in [7, 11) is 0. The van der Waals surface area contributed by atoms with Gasteiger partial charge in [-0.2, -0.15) is 5.10 Å². The lowest BCUT2D eigenvalue weighted by atomic mass is 10.0. The molecule has 0 amide bonds. The zero-order chi connectivity index (χ0) is 16.1. The molecule has 1 fully saturated rings. The maximum atomic E-state index is 9.29. The van der Waals surface area contributed by atoms with Gasteiger partial charge in [-0.1, -0.05) is 24.3 Å². The highest BCUT2D eigenvalue weighted by Gasteiger charge is 2.16. The number of aryl methyl sites for hydroxylation is 1. The second-order valence-corrected chi connectivity index (χ2v) is 6.11. The van der Waals surface area contributed by atoms with Crippen LogP contribution in [0.25, 0.3) is 11.3 Å². The first-order valence-corrected chi connectivity index (χ1v) is 8.34. The van der Waals surface area contributed by atoms with Gasteiger partial charge in [0.1, 0.15) is 5.82 Å². The lowest BCUT2D eigenvalue weighted by Gasteiger charge is -2.22. The number of hydrogen-bond donors (Lipinski definition) is 2. The summed E-state index contributed by atoms with van der Waals surface area (Å²) < 4.78 is 7.27. The van der Waals surface area contributed by atoms with E-state index in [2.05, 4.69) is 35.5 Å². The Morgan fingerprint density at radius 2 is 2.09 bits per heavy atom. The van der Waals surface area contributed by atoms with Crippen LogP contribution >= 0.6 is 0 Å². The Morgan fingerprint density at radius 3 is 2.83 bits per heavy atom. The summed E-state index contributed by atoms with van der Waals surface area (Å²) in [5.74, 6) is 1.62. The monoisotopic (exact) mass is 315 g/mol. The lowest BCUT2D eigenvalue weighted by molar-refractivity contribution is 0.0699. The average Bonchev–Trinajstić information content (AvgIpc) is 2.97. The van der Waals surface area contributed by atoms with Crippen molar-refractivity contribution in [3.63, 3.8) is 0 Å². The van der Waals surface area contributed by atoms with Gasteiger partial charge in [-0.25, -0.2) is 4.68 Å². The summed E-state index contributed by atoms with van der Waals surface area (Å²) in [5, 5.41) is 17.5. The topological polar surface area (TPSA) is 59.3 Å². The Morgan fingerprint density at radius 1 is 1.30 bits per heavy atom. The predicted molar refractivity (Wildman–Crippen MR) is 91.5 cm³/mol. The van der Waals surface area contributed by atoms with Crippen LogP contribution in [0.1, 0.15) is 18.4 Å². The van der Waals surface area contributed by atoms with Gasteiger partial charge in [0.25, 0.3) is 0 Å². The van der Waals surface area contributed by atoms with E-state index in [4.69, 9.17) is 4.74 Å². The van der Waals surface area contributed by atoms with E-state index < -0.39 is 0 Å². The van der Waals surface area contributed by atoms with Crippen LogP contribution in [0.2, 0.25) is 0 Å². The van der Waals surface area contributed by atoms with E-state index >= 15 is 0 Å². The van der Waals surface area contributed by atoms with E-state index in [9.17, 15) is 5.11 Å². The van der Waals surface area contributed by atoms with Gasteiger partial charge in [0.2, 0.25) is 0 Å². The van der Waals surface area contributed by atoms with Gasteiger partial charge in [-0.05, 0) is 31.2 Å². The molecule has 0 bridgehead atoms. The van der Waals surface area contributed by atoms with Crippen molar-refractivity contribution < 1.29 is 9.84 Å². The van der Waals surface area contributed by atoms with Crippen molar-refractivity contribution in [2.75, 3.05) is 31.7 Å². The summed E-state index contributed by atoms with van der Waals surface area (Å²) in [6.45, 7) is 5.32. The van der Waals surface area contributed by atoms with Gasteiger partial charge in [-0.15, -0.1) is 0 Å². The largest absolute Gasteiger partial charge is 0.394 e. The minimum absolute atomic E-state index is 0.0842. The highest BCUT2D eigenvalue weighted by atomic mass is 16.5. The Labute approximate surface area is 137 Å². The van der Waals surface area contributed by atoms with Crippen LogP contribution in [0.4, 0.5) is 5.82 Å². The van der Waals surface area contributed by atoms with Crippen molar-refractivity contribution >= 4 is 5.82 Å². The highest BCUT2D eigenvalue weighted by molar-refractivity contribution is 5.66. The third kappa shape index (κ3) is 3.92. The van der Waals surface area contributed by atoms with E-state index in [0.29, 0.717) is 12.5 Å². The van der Waals surface area contributed by atoms with Crippen molar-refractivity contribution in [2.45, 2.75) is 26.3 Å². The maximum Gasteiger partial charge on any atom is 0.125 e. The smallest absolute Gasteiger partial charge is 0.125 e. The number of hydrogen-bond acceptors (Lipinski definition) is 4. The molecule has 1 aromatic heterocycles. The Kier molecular flexibility index (Phi) is 5.31. The molecule has 2 aromatic rings. The quantitative estimate of drug-likeness (QED) is 0.860. The molecule has 1 aliphatic heterocycles. The fourth-order valence-electron chi connectivity index (χ4n) is 3.02. The molecule has 124 valence electrons. The van der Waals surface area contributed by atoms with Gasteiger partial charge in [0, 0.05) is 31.4 Å². The van der Waals surface area contributed by atoms with Crippen LogP contribution in [-0.4, -0.2) is 41.3 Å². The van der Waals surface area contributed by atoms with Crippen LogP contribution in [0.3, 0.4) is 0 Å². The highest BCUT2D eigenvalue weighted by Crippen LogP contribution is 2.25. The number of aliphatic hydroxyl groups excluding tert-OH is 1. The number of benzene rings is 1. The molecular formula is C18H25N3O2. The minimum Gasteiger partial charge on any atom is -0.394 e. The van der Waals surface area contributed by atoms with Crippen molar-refractivity contribution in [3.8, 4) is 11.3 Å². The minimum atomic E-state index is 0.0842. The summed E-state index contributed by atoms with van der Waals surface area (Å²) in [5.41, 5.74) is 3.29. The number of nitrogens with zero attached hydrogens (tertiary/aromatic N) is 2. The molecule has 0 atom stereocenters. The lowest BCUT2D eigenvalue weighted by Crippen LogP contribution is -2.23. The Bertz CT molecular complexity index is 633. The summed E-state index contributed by atoms with van der Waals surface area (Å²) >= 11 is 0. The fourth-order valence-corrected chi connectivity index (χ4v) is 3.02. The standard InChI is InChI=1S/C18H25N3O2/c1-14-4-2-3-5-16(14)17-12-18(21(20-17)8-9-22)19-13-15-6-10-23-11-7-15/h2-5,12,15,19,22H,6-11,13H2,1H3. The van der Waals surface area contributed by atoms with Crippen LogP contribution in [0.5, 0.6) is 0 Å². The third-order valence-corrected chi connectivity index (χ3v) is 4.43. The molecule has 3 rings (SSSR count). The van der Waals surface area contributed by atoms with E-state index in [1.54, 1.807) is 0 Å². The van der Waals surface area contributed by atoms with Crippen LogP contribution in [0, 0.1) is 12.8 Å². The fraction of sp³-hybridized carbons (Fsp3) is 0.500. The Balaban J connectivity index is 1.77. The second-order valence-electron chi connectivity index (χ2n) is 6.11. The molecule has 23 heavy (non-hydrogen) atoms. The average molecular weight is 315 g/mol. The number of ether oxygens (including phenoxy) is 1. The molecule has 1 aromatic carbocycles. The zero-order valence-electron chi connectivity index (χ0n) is 13.7. The molecule has 1 saturated heterocycles. The number of rotatable bonds is 6. The number of anilines is 1. The molecule has 0 saturated carbocycles. The third-order valence-electron chi connectivity index (χ3n) is 4.43. The molecule has 0 aliphatic carbocycles. The molecule has 5 heteroatoms. The summed E-state index contributed by atoms with van der Waals surface area (Å²) in [6.07, 6.45) is 2.21. The first-order chi connectivity index (χ1) is 11.3. The van der Waals surface area contributed by atoms with Gasteiger partial charge in [-0.3, -0.25) is 0 Å². The first kappa shape index (κ1) is 16.0. The van der Waals surface area contributed by atoms with Crippen molar-refractivity contribution in [3.05, 3.63) is 35.9 Å². The molecule has 2 N–H and O–H groups in total. The van der Waals surface area contributed by atoms with Gasteiger partial charge in [0.05, 0.1) is 18.8 Å². The maximum absolute atomic E-state index is 9.29. The van der Waals surface area contributed by atoms with Crippen molar-refractivity contribution in [1.29, 1.82) is 0 Å². The number of nitrogens with one attached hydrogen (secondary N) is 1. The molecule has 0 spiro atoms.